The number of benzene rings is 3. The van der Waals surface area contributed by atoms with Crippen LogP contribution in [0.25, 0.3) is 0 Å². The highest BCUT2D eigenvalue weighted by molar-refractivity contribution is 7.92. The van der Waals surface area contributed by atoms with Crippen LogP contribution < -0.4 is 14.8 Å². The maximum absolute atomic E-state index is 12.8. The maximum atomic E-state index is 12.8. The Labute approximate surface area is 236 Å². The van der Waals surface area contributed by atoms with Gasteiger partial charge in [0.05, 0.1) is 17.3 Å². The van der Waals surface area contributed by atoms with E-state index >= 15 is 0 Å². The van der Waals surface area contributed by atoms with Crippen LogP contribution in [0, 0.1) is 5.92 Å². The van der Waals surface area contributed by atoms with Gasteiger partial charge >= 0.3 is 0 Å². The van der Waals surface area contributed by atoms with Gasteiger partial charge in [-0.15, -0.1) is 0 Å². The molecule has 40 heavy (non-hydrogen) atoms. The summed E-state index contributed by atoms with van der Waals surface area (Å²) < 4.78 is 60.5. The number of carbonyl (C=O) groups is 1. The second-order valence-electron chi connectivity index (χ2n) is 9.66. The predicted molar refractivity (Wildman–Crippen MR) is 156 cm³/mol. The van der Waals surface area contributed by atoms with E-state index < -0.39 is 20.0 Å². The SMILES string of the molecule is CCOc1ccc(NS(=O)(=O)c2ccc(NC(=O)C3CCN(S(=O)(=O)CCCc4ccccc4)CC3)cc2)cc1. The van der Waals surface area contributed by atoms with Gasteiger partial charge in [0.2, 0.25) is 15.9 Å². The molecule has 1 fully saturated rings. The molecule has 3 aromatic rings. The number of amides is 1. The number of ether oxygens (including phenoxy) is 1. The maximum Gasteiger partial charge on any atom is 0.261 e. The average molecular weight is 586 g/mol. The van der Waals surface area contributed by atoms with Crippen LogP contribution in [0.5, 0.6) is 5.75 Å². The summed E-state index contributed by atoms with van der Waals surface area (Å²) in [5.41, 5.74) is 1.99. The lowest BCUT2D eigenvalue weighted by atomic mass is 9.97. The molecule has 0 radical (unpaired) electrons. The quantitative estimate of drug-likeness (QED) is 0.323. The number of carbonyl (C=O) groups excluding carboxylic acids is 1. The molecule has 0 spiro atoms. The zero-order chi connectivity index (χ0) is 28.6. The zero-order valence-electron chi connectivity index (χ0n) is 22.5. The van der Waals surface area contributed by atoms with E-state index in [0.29, 0.717) is 62.5 Å². The molecule has 1 aliphatic rings. The van der Waals surface area contributed by atoms with E-state index in [1.54, 1.807) is 24.3 Å². The fraction of sp³-hybridized carbons (Fsp3) is 0.345. The Morgan fingerprint density at radius 2 is 1.50 bits per heavy atom. The van der Waals surface area contributed by atoms with Crippen LogP contribution in [0.3, 0.4) is 0 Å². The van der Waals surface area contributed by atoms with Crippen molar-refractivity contribution in [3.63, 3.8) is 0 Å². The predicted octanol–water partition coefficient (Wildman–Crippen LogP) is 4.50. The van der Waals surface area contributed by atoms with Crippen LogP contribution in [0.2, 0.25) is 0 Å². The lowest BCUT2D eigenvalue weighted by Crippen LogP contribution is -2.42. The summed E-state index contributed by atoms with van der Waals surface area (Å²) in [6.07, 6.45) is 2.12. The van der Waals surface area contributed by atoms with E-state index in [2.05, 4.69) is 10.0 Å². The van der Waals surface area contributed by atoms with Gasteiger partial charge in [0.1, 0.15) is 5.75 Å². The van der Waals surface area contributed by atoms with Gasteiger partial charge in [-0.25, -0.2) is 21.1 Å². The van der Waals surface area contributed by atoms with E-state index in [1.807, 2.05) is 37.3 Å². The monoisotopic (exact) mass is 585 g/mol. The first kappa shape index (κ1) is 29.6. The first-order valence-corrected chi connectivity index (χ1v) is 16.4. The summed E-state index contributed by atoms with van der Waals surface area (Å²) >= 11 is 0. The molecule has 0 unspecified atom stereocenters. The van der Waals surface area contributed by atoms with Crippen LogP contribution in [0.1, 0.15) is 31.7 Å². The van der Waals surface area contributed by atoms with Crippen molar-refractivity contribution in [2.75, 3.05) is 35.5 Å². The number of nitrogens with zero attached hydrogens (tertiary/aromatic N) is 1. The highest BCUT2D eigenvalue weighted by atomic mass is 32.2. The average Bonchev–Trinajstić information content (AvgIpc) is 2.95. The molecule has 0 atom stereocenters. The van der Waals surface area contributed by atoms with Crippen molar-refractivity contribution in [1.82, 2.24) is 4.31 Å². The van der Waals surface area contributed by atoms with Gasteiger partial charge in [-0.2, -0.15) is 0 Å². The summed E-state index contributed by atoms with van der Waals surface area (Å²) in [4.78, 5) is 12.9. The van der Waals surface area contributed by atoms with Gasteiger partial charge in [-0.1, -0.05) is 30.3 Å². The second kappa shape index (κ2) is 13.3. The van der Waals surface area contributed by atoms with Gasteiger partial charge in [0.25, 0.3) is 10.0 Å². The molecule has 1 heterocycles. The molecule has 0 aromatic heterocycles. The molecule has 0 aliphatic carbocycles. The summed E-state index contributed by atoms with van der Waals surface area (Å²) in [6.45, 7) is 3.00. The first-order chi connectivity index (χ1) is 19.2. The van der Waals surface area contributed by atoms with Crippen LogP contribution in [-0.2, 0) is 31.3 Å². The standard InChI is InChI=1S/C29H35N3O6S2/c1-2-38-27-14-10-26(11-15-27)31-40(36,37)28-16-12-25(13-17-28)30-29(33)24-18-20-32(21-19-24)39(34,35)22-6-9-23-7-4-3-5-8-23/h3-5,7-8,10-17,24,31H,2,6,9,18-22H2,1H3,(H,30,33). The zero-order valence-corrected chi connectivity index (χ0v) is 24.1. The summed E-state index contributed by atoms with van der Waals surface area (Å²) in [5, 5.41) is 2.83. The minimum atomic E-state index is -3.81. The van der Waals surface area contributed by atoms with Gasteiger partial charge in [0, 0.05) is 30.4 Å². The highest BCUT2D eigenvalue weighted by Gasteiger charge is 2.31. The first-order valence-electron chi connectivity index (χ1n) is 13.3. The molecule has 1 aliphatic heterocycles. The number of hydrogen-bond acceptors (Lipinski definition) is 6. The van der Waals surface area contributed by atoms with Crippen molar-refractivity contribution in [2.45, 2.75) is 37.5 Å². The minimum absolute atomic E-state index is 0.0603. The summed E-state index contributed by atoms with van der Waals surface area (Å²) in [6, 6.07) is 22.4. The number of piperidine rings is 1. The Hall–Kier alpha value is -3.41. The number of hydrogen-bond donors (Lipinski definition) is 2. The molecule has 0 saturated carbocycles. The van der Waals surface area contributed by atoms with Crippen molar-refractivity contribution in [1.29, 1.82) is 0 Å². The van der Waals surface area contributed by atoms with Gasteiger partial charge in [-0.3, -0.25) is 9.52 Å². The van der Waals surface area contributed by atoms with Crippen molar-refractivity contribution in [2.24, 2.45) is 5.92 Å². The molecule has 214 valence electrons. The van der Waals surface area contributed by atoms with E-state index in [-0.39, 0.29) is 22.5 Å². The normalized spacial score (nSPS) is 14.9. The summed E-state index contributed by atoms with van der Waals surface area (Å²) in [7, 11) is -7.19. The molecule has 11 heteroatoms. The van der Waals surface area contributed by atoms with Crippen molar-refractivity contribution in [3.8, 4) is 5.75 Å². The Kier molecular flexibility index (Phi) is 9.83. The van der Waals surface area contributed by atoms with Gasteiger partial charge < -0.3 is 10.1 Å². The third-order valence-electron chi connectivity index (χ3n) is 6.78. The fourth-order valence-corrected chi connectivity index (χ4v) is 7.18. The highest BCUT2D eigenvalue weighted by Crippen LogP contribution is 2.24. The fourth-order valence-electron chi connectivity index (χ4n) is 4.59. The summed E-state index contributed by atoms with van der Waals surface area (Å²) in [5.74, 6) is 0.211. The number of anilines is 2. The molecule has 1 saturated heterocycles. The largest absolute Gasteiger partial charge is 0.494 e. The number of aryl methyl sites for hydroxylation is 1. The lowest BCUT2D eigenvalue weighted by molar-refractivity contribution is -0.120. The lowest BCUT2D eigenvalue weighted by Gasteiger charge is -2.30. The molecular formula is C29H35N3O6S2. The van der Waals surface area contributed by atoms with Crippen LogP contribution >= 0.6 is 0 Å². The van der Waals surface area contributed by atoms with E-state index in [4.69, 9.17) is 4.74 Å². The van der Waals surface area contributed by atoms with E-state index in [1.165, 1.54) is 28.6 Å². The van der Waals surface area contributed by atoms with Crippen molar-refractivity contribution >= 4 is 37.3 Å². The van der Waals surface area contributed by atoms with Crippen LogP contribution in [-0.4, -0.2) is 52.5 Å². The van der Waals surface area contributed by atoms with Gasteiger partial charge in [0.15, 0.2) is 0 Å². The second-order valence-corrected chi connectivity index (χ2v) is 13.4. The molecule has 4 rings (SSSR count). The van der Waals surface area contributed by atoms with Crippen molar-refractivity contribution < 1.29 is 26.4 Å². The topological polar surface area (TPSA) is 122 Å². The molecule has 2 N–H and O–H groups in total. The molecule has 1 amide bonds. The van der Waals surface area contributed by atoms with E-state index in [0.717, 1.165) is 5.56 Å². The number of rotatable bonds is 12. The minimum Gasteiger partial charge on any atom is -0.494 e. The third kappa shape index (κ3) is 8.06. The third-order valence-corrected chi connectivity index (χ3v) is 10.1. The smallest absolute Gasteiger partial charge is 0.261 e. The Bertz CT molecular complexity index is 1470. The molecule has 9 nitrogen and oxygen atoms in total. The molecule has 0 bridgehead atoms. The van der Waals surface area contributed by atoms with E-state index in [9.17, 15) is 21.6 Å². The molecular weight excluding hydrogens is 550 g/mol. The molecule has 3 aromatic carbocycles. The van der Waals surface area contributed by atoms with Crippen LogP contribution in [0.15, 0.2) is 83.8 Å². The van der Waals surface area contributed by atoms with Crippen molar-refractivity contribution in [3.05, 3.63) is 84.4 Å². The Balaban J connectivity index is 1.25. The van der Waals surface area contributed by atoms with Crippen LogP contribution in [0.4, 0.5) is 11.4 Å². The Morgan fingerprint density at radius 3 is 2.12 bits per heavy atom. The Morgan fingerprint density at radius 1 is 0.875 bits per heavy atom. The van der Waals surface area contributed by atoms with Gasteiger partial charge in [-0.05, 0) is 86.7 Å². The number of sulfonamides is 2. The number of nitrogens with one attached hydrogen (secondary N) is 2.